The lowest BCUT2D eigenvalue weighted by Gasteiger charge is -2.37. The fourth-order valence-electron chi connectivity index (χ4n) is 2.98. The number of pyridine rings is 1. The number of carbonyl (C=O) groups is 1. The largest absolute Gasteiger partial charge is 0.333 e. The molecule has 0 aromatic carbocycles. The summed E-state index contributed by atoms with van der Waals surface area (Å²) in [6.45, 7) is 8.14. The summed E-state index contributed by atoms with van der Waals surface area (Å²) in [5, 5.41) is 3.02. The quantitative estimate of drug-likeness (QED) is 0.927. The van der Waals surface area contributed by atoms with E-state index in [0.717, 1.165) is 31.9 Å². The van der Waals surface area contributed by atoms with E-state index in [1.54, 1.807) is 11.3 Å². The minimum absolute atomic E-state index is 0.0335. The topological polar surface area (TPSA) is 48.5 Å². The lowest BCUT2D eigenvalue weighted by atomic mass is 10.1. The Morgan fingerprint density at radius 2 is 2.04 bits per heavy atom. The summed E-state index contributed by atoms with van der Waals surface area (Å²) in [6, 6.07) is 10.5. The molecular formula is C18H24N4OS. The first-order valence-electron chi connectivity index (χ1n) is 8.36. The predicted molar refractivity (Wildman–Crippen MR) is 97.1 cm³/mol. The number of hydrogen-bond acceptors (Lipinski definition) is 4. The van der Waals surface area contributed by atoms with E-state index in [2.05, 4.69) is 47.2 Å². The summed E-state index contributed by atoms with van der Waals surface area (Å²) < 4.78 is 0. The minimum atomic E-state index is 0.0335. The van der Waals surface area contributed by atoms with Gasteiger partial charge in [0.05, 0.1) is 12.2 Å². The molecule has 1 atom stereocenters. The Morgan fingerprint density at radius 1 is 1.25 bits per heavy atom. The average Bonchev–Trinajstić information content (AvgIpc) is 3.05. The maximum atomic E-state index is 12.3. The highest BCUT2D eigenvalue weighted by Gasteiger charge is 2.25. The van der Waals surface area contributed by atoms with Crippen molar-refractivity contribution in [2.75, 3.05) is 26.2 Å². The molecule has 1 N–H and O–H groups in total. The standard InChI is InChI=1S/C18H24N4OS/c1-14-6-7-16(24-14)13-20-18(23)22-11-9-21(10-12-22)15(2)17-5-3-4-8-19-17/h3-8,15H,9-13H2,1-2H3,(H,20,23)/t15-/m0/s1. The van der Waals surface area contributed by atoms with Crippen molar-refractivity contribution in [3.63, 3.8) is 0 Å². The van der Waals surface area contributed by atoms with Gasteiger partial charge in [0.1, 0.15) is 0 Å². The molecular weight excluding hydrogens is 320 g/mol. The Balaban J connectivity index is 1.47. The van der Waals surface area contributed by atoms with Gasteiger partial charge in [-0.25, -0.2) is 4.79 Å². The zero-order valence-corrected chi connectivity index (χ0v) is 15.1. The first-order valence-corrected chi connectivity index (χ1v) is 9.18. The SMILES string of the molecule is Cc1ccc(CNC(=O)N2CCN([C@@H](C)c3ccccn3)CC2)s1. The Kier molecular flexibility index (Phi) is 5.48. The Labute approximate surface area is 147 Å². The van der Waals surface area contributed by atoms with E-state index in [9.17, 15) is 4.79 Å². The zero-order valence-electron chi connectivity index (χ0n) is 14.2. The second kappa shape index (κ2) is 7.77. The van der Waals surface area contributed by atoms with Crippen LogP contribution < -0.4 is 5.32 Å². The third kappa shape index (κ3) is 4.13. The lowest BCUT2D eigenvalue weighted by molar-refractivity contribution is 0.112. The molecule has 0 spiro atoms. The van der Waals surface area contributed by atoms with Gasteiger partial charge in [-0.1, -0.05) is 6.07 Å². The van der Waals surface area contributed by atoms with Crippen molar-refractivity contribution >= 4 is 17.4 Å². The molecule has 2 amide bonds. The van der Waals surface area contributed by atoms with Gasteiger partial charge in [0, 0.05) is 48.2 Å². The highest BCUT2D eigenvalue weighted by molar-refractivity contribution is 7.11. The number of thiophene rings is 1. The highest BCUT2D eigenvalue weighted by Crippen LogP contribution is 2.19. The van der Waals surface area contributed by atoms with Crippen LogP contribution in [-0.4, -0.2) is 47.0 Å². The van der Waals surface area contributed by atoms with Gasteiger partial charge in [-0.15, -0.1) is 11.3 Å². The molecule has 1 saturated heterocycles. The summed E-state index contributed by atoms with van der Waals surface area (Å²) in [5.41, 5.74) is 1.09. The molecule has 0 aliphatic carbocycles. The van der Waals surface area contributed by atoms with Crippen LogP contribution in [0.25, 0.3) is 0 Å². The van der Waals surface area contributed by atoms with Crippen molar-refractivity contribution in [2.24, 2.45) is 0 Å². The van der Waals surface area contributed by atoms with Crippen molar-refractivity contribution in [3.8, 4) is 0 Å². The van der Waals surface area contributed by atoms with Gasteiger partial charge in [0.15, 0.2) is 0 Å². The van der Waals surface area contributed by atoms with Crippen LogP contribution in [0.2, 0.25) is 0 Å². The molecule has 0 unspecified atom stereocenters. The van der Waals surface area contributed by atoms with E-state index in [4.69, 9.17) is 0 Å². The number of aromatic nitrogens is 1. The number of nitrogens with zero attached hydrogens (tertiary/aromatic N) is 3. The number of amides is 2. The van der Waals surface area contributed by atoms with E-state index in [1.807, 2.05) is 23.2 Å². The van der Waals surface area contributed by atoms with Crippen molar-refractivity contribution in [1.82, 2.24) is 20.1 Å². The first kappa shape index (κ1) is 16.9. The molecule has 5 nitrogen and oxygen atoms in total. The van der Waals surface area contributed by atoms with E-state index in [1.165, 1.54) is 9.75 Å². The monoisotopic (exact) mass is 344 g/mol. The van der Waals surface area contributed by atoms with Gasteiger partial charge in [-0.05, 0) is 38.1 Å². The Bertz CT molecular complexity index is 665. The van der Waals surface area contributed by atoms with E-state index < -0.39 is 0 Å². The first-order chi connectivity index (χ1) is 11.6. The molecule has 3 rings (SSSR count). The third-order valence-electron chi connectivity index (χ3n) is 4.47. The molecule has 0 saturated carbocycles. The summed E-state index contributed by atoms with van der Waals surface area (Å²) in [7, 11) is 0. The van der Waals surface area contributed by atoms with E-state index in [-0.39, 0.29) is 12.1 Å². The van der Waals surface area contributed by atoms with Crippen LogP contribution in [0, 0.1) is 6.92 Å². The van der Waals surface area contributed by atoms with Gasteiger partial charge >= 0.3 is 6.03 Å². The summed E-state index contributed by atoms with van der Waals surface area (Å²) in [6.07, 6.45) is 1.84. The summed E-state index contributed by atoms with van der Waals surface area (Å²) in [4.78, 5) is 23.5. The van der Waals surface area contributed by atoms with Gasteiger partial charge in [-0.2, -0.15) is 0 Å². The number of urea groups is 1. The average molecular weight is 344 g/mol. The molecule has 2 aromatic rings. The van der Waals surface area contributed by atoms with Crippen molar-refractivity contribution in [1.29, 1.82) is 0 Å². The fraction of sp³-hybridized carbons (Fsp3) is 0.444. The normalized spacial score (nSPS) is 16.8. The molecule has 24 heavy (non-hydrogen) atoms. The lowest BCUT2D eigenvalue weighted by Crippen LogP contribution is -2.52. The Morgan fingerprint density at radius 3 is 2.67 bits per heavy atom. The van der Waals surface area contributed by atoms with Crippen LogP contribution in [0.1, 0.15) is 28.4 Å². The molecule has 1 aliphatic heterocycles. The molecule has 3 heterocycles. The van der Waals surface area contributed by atoms with Crippen LogP contribution in [0.4, 0.5) is 4.79 Å². The molecule has 128 valence electrons. The van der Waals surface area contributed by atoms with Gasteiger partial charge in [0.25, 0.3) is 0 Å². The smallest absolute Gasteiger partial charge is 0.317 e. The number of hydrogen-bond donors (Lipinski definition) is 1. The van der Waals surface area contributed by atoms with Gasteiger partial charge < -0.3 is 10.2 Å². The second-order valence-electron chi connectivity index (χ2n) is 6.12. The van der Waals surface area contributed by atoms with Crippen molar-refractivity contribution in [2.45, 2.75) is 26.4 Å². The van der Waals surface area contributed by atoms with E-state index in [0.29, 0.717) is 6.54 Å². The molecule has 0 radical (unpaired) electrons. The number of nitrogens with one attached hydrogen (secondary N) is 1. The number of carbonyl (C=O) groups excluding carboxylic acids is 1. The molecule has 0 bridgehead atoms. The molecule has 2 aromatic heterocycles. The fourth-order valence-corrected chi connectivity index (χ4v) is 3.81. The molecule has 1 aliphatic rings. The third-order valence-corrected chi connectivity index (χ3v) is 5.48. The van der Waals surface area contributed by atoms with Crippen LogP contribution in [-0.2, 0) is 6.54 Å². The Hall–Kier alpha value is -1.92. The van der Waals surface area contributed by atoms with E-state index >= 15 is 0 Å². The zero-order chi connectivity index (χ0) is 16.9. The maximum Gasteiger partial charge on any atom is 0.317 e. The van der Waals surface area contributed by atoms with Gasteiger partial charge in [-0.3, -0.25) is 9.88 Å². The van der Waals surface area contributed by atoms with Crippen LogP contribution >= 0.6 is 11.3 Å². The summed E-state index contributed by atoms with van der Waals surface area (Å²) >= 11 is 1.73. The second-order valence-corrected chi connectivity index (χ2v) is 7.50. The van der Waals surface area contributed by atoms with Crippen molar-refractivity contribution < 1.29 is 4.79 Å². The summed E-state index contributed by atoms with van der Waals surface area (Å²) in [5.74, 6) is 0. The predicted octanol–water partition coefficient (Wildman–Crippen LogP) is 3.04. The molecule has 6 heteroatoms. The van der Waals surface area contributed by atoms with Crippen molar-refractivity contribution in [3.05, 3.63) is 52.0 Å². The number of rotatable bonds is 4. The maximum absolute atomic E-state index is 12.3. The molecule has 1 fully saturated rings. The number of piperazine rings is 1. The number of aryl methyl sites for hydroxylation is 1. The van der Waals surface area contributed by atoms with Crippen LogP contribution in [0.5, 0.6) is 0 Å². The van der Waals surface area contributed by atoms with Crippen LogP contribution in [0.15, 0.2) is 36.5 Å². The highest BCUT2D eigenvalue weighted by atomic mass is 32.1. The van der Waals surface area contributed by atoms with Gasteiger partial charge in [0.2, 0.25) is 0 Å². The van der Waals surface area contributed by atoms with Crippen LogP contribution in [0.3, 0.4) is 0 Å². The minimum Gasteiger partial charge on any atom is -0.333 e.